The fourth-order valence-electron chi connectivity index (χ4n) is 6.50. The molecule has 1 amide bonds. The van der Waals surface area contributed by atoms with Crippen LogP contribution in [0.3, 0.4) is 0 Å². The van der Waals surface area contributed by atoms with Gasteiger partial charge in [-0.1, -0.05) is 23.4 Å². The van der Waals surface area contributed by atoms with Crippen molar-refractivity contribution in [2.45, 2.75) is 31.0 Å². The van der Waals surface area contributed by atoms with Crippen LogP contribution in [0.4, 0.5) is 20.2 Å². The normalized spacial score (nSPS) is 20.1. The van der Waals surface area contributed by atoms with Gasteiger partial charge in [0.25, 0.3) is 5.91 Å². The molecule has 48 heavy (non-hydrogen) atoms. The minimum absolute atomic E-state index is 0.207. The minimum Gasteiger partial charge on any atom is -0.455 e. The van der Waals surface area contributed by atoms with E-state index in [0.717, 1.165) is 16.1 Å². The van der Waals surface area contributed by atoms with E-state index in [1.807, 2.05) is 13.0 Å². The van der Waals surface area contributed by atoms with E-state index >= 15 is 0 Å². The molecule has 1 fully saturated rings. The summed E-state index contributed by atoms with van der Waals surface area (Å²) in [6.45, 7) is 1.93. The number of rotatable bonds is 7. The summed E-state index contributed by atoms with van der Waals surface area (Å²) in [6, 6.07) is 19.9. The van der Waals surface area contributed by atoms with E-state index in [9.17, 15) is 27.1 Å². The van der Waals surface area contributed by atoms with Crippen molar-refractivity contribution in [3.05, 3.63) is 107 Å². The Balaban J connectivity index is 1.40. The minimum atomic E-state index is -3.75. The lowest BCUT2D eigenvalue weighted by atomic mass is 9.93. The topological polar surface area (TPSA) is 128 Å². The van der Waals surface area contributed by atoms with Crippen LogP contribution in [0.1, 0.15) is 40.9 Å². The molecule has 246 valence electrons. The Labute approximate surface area is 275 Å². The predicted octanol–water partition coefficient (Wildman–Crippen LogP) is 6.84. The van der Waals surface area contributed by atoms with E-state index in [2.05, 4.69) is 15.7 Å². The Hall–Kier alpha value is -5.14. The molecule has 0 bridgehead atoms. The highest BCUT2D eigenvalue weighted by Gasteiger charge is 2.61. The van der Waals surface area contributed by atoms with Gasteiger partial charge < -0.3 is 14.8 Å². The standard InChI is InChI=1S/C35H31F2N5O5S/c1-19-25-15-21(7-14-28(25)39-40-42(19)35(18-31(35)43)22-8-12-24(37)13-9-22)26-16-27-30(17-29(26)41(3)48(4,45)46)47-33(32(27)34(44)38-2)20-5-10-23(36)11-6-20/h5-17,19,31,43H,18H2,1-4H3,(H,38,44)/t19?,31-,35?/m0/s1. The van der Waals surface area contributed by atoms with Crippen molar-refractivity contribution in [2.75, 3.05) is 24.7 Å². The van der Waals surface area contributed by atoms with Crippen LogP contribution in [0.2, 0.25) is 0 Å². The number of carbonyl (C=O) groups is 1. The van der Waals surface area contributed by atoms with Crippen molar-refractivity contribution in [3.63, 3.8) is 0 Å². The number of carbonyl (C=O) groups excluding carboxylic acids is 1. The average Bonchev–Trinajstić information content (AvgIpc) is 3.60. The number of anilines is 1. The number of furan rings is 1. The van der Waals surface area contributed by atoms with Crippen LogP contribution >= 0.6 is 0 Å². The Morgan fingerprint density at radius 2 is 1.65 bits per heavy atom. The maximum Gasteiger partial charge on any atom is 0.255 e. The van der Waals surface area contributed by atoms with Crippen LogP contribution in [-0.2, 0) is 15.6 Å². The molecule has 4 aromatic carbocycles. The largest absolute Gasteiger partial charge is 0.455 e. The smallest absolute Gasteiger partial charge is 0.255 e. The number of halogens is 2. The van der Waals surface area contributed by atoms with E-state index in [1.165, 1.54) is 50.5 Å². The molecule has 0 saturated heterocycles. The van der Waals surface area contributed by atoms with Gasteiger partial charge >= 0.3 is 0 Å². The molecule has 3 atom stereocenters. The first-order valence-corrected chi connectivity index (χ1v) is 17.0. The van der Waals surface area contributed by atoms with E-state index in [4.69, 9.17) is 4.42 Å². The fraction of sp³-hybridized carbons (Fsp3) is 0.229. The third-order valence-electron chi connectivity index (χ3n) is 9.26. The predicted molar refractivity (Wildman–Crippen MR) is 177 cm³/mol. The Morgan fingerprint density at radius 3 is 2.25 bits per heavy atom. The van der Waals surface area contributed by atoms with Gasteiger partial charge in [0.2, 0.25) is 10.0 Å². The summed E-state index contributed by atoms with van der Waals surface area (Å²) in [7, 11) is -0.829. The van der Waals surface area contributed by atoms with Crippen molar-refractivity contribution < 1.29 is 31.5 Å². The van der Waals surface area contributed by atoms with Gasteiger partial charge in [-0.05, 0) is 72.6 Å². The number of hydrogen-bond donors (Lipinski definition) is 2. The van der Waals surface area contributed by atoms with Gasteiger partial charge in [0, 0.05) is 48.7 Å². The molecule has 13 heteroatoms. The van der Waals surface area contributed by atoms with Crippen LogP contribution in [0.5, 0.6) is 0 Å². The van der Waals surface area contributed by atoms with E-state index in [0.29, 0.717) is 45.4 Å². The molecule has 1 aromatic heterocycles. The average molecular weight is 672 g/mol. The van der Waals surface area contributed by atoms with Gasteiger partial charge in [0.15, 0.2) is 0 Å². The molecule has 2 aliphatic rings. The van der Waals surface area contributed by atoms with Gasteiger partial charge in [0.05, 0.1) is 35.3 Å². The highest BCUT2D eigenvalue weighted by molar-refractivity contribution is 7.92. The summed E-state index contributed by atoms with van der Waals surface area (Å²) in [5, 5.41) is 24.6. The molecule has 2 heterocycles. The Kier molecular flexibility index (Phi) is 7.37. The van der Waals surface area contributed by atoms with Crippen molar-refractivity contribution in [3.8, 4) is 22.5 Å². The zero-order chi connectivity index (χ0) is 34.1. The van der Waals surface area contributed by atoms with Gasteiger partial charge in [0.1, 0.15) is 28.5 Å². The molecule has 1 aliphatic carbocycles. The van der Waals surface area contributed by atoms with Crippen molar-refractivity contribution in [1.82, 2.24) is 10.3 Å². The van der Waals surface area contributed by atoms with Crippen LogP contribution in [0, 0.1) is 11.6 Å². The molecule has 2 N–H and O–H groups in total. The van der Waals surface area contributed by atoms with Crippen LogP contribution in [0.15, 0.2) is 93.6 Å². The van der Waals surface area contributed by atoms with Gasteiger partial charge in [-0.15, -0.1) is 5.11 Å². The summed E-state index contributed by atoms with van der Waals surface area (Å²) in [5.41, 5.74) is 3.55. The SMILES string of the molecule is CNC(=O)c1c(-c2ccc(F)cc2)oc2cc(N(C)S(C)(=O)=O)c(-c3ccc4c(c3)C(C)N(C3(c5ccc(F)cc5)C[C@@H]3O)N=N4)cc12. The molecule has 0 spiro atoms. The highest BCUT2D eigenvalue weighted by atomic mass is 32.2. The summed E-state index contributed by atoms with van der Waals surface area (Å²) in [5.74, 6) is -1.07. The fourth-order valence-corrected chi connectivity index (χ4v) is 7.01. The van der Waals surface area contributed by atoms with Gasteiger partial charge in [-0.3, -0.25) is 14.1 Å². The highest BCUT2D eigenvalue weighted by Crippen LogP contribution is 2.56. The number of nitrogens with zero attached hydrogens (tertiary/aromatic N) is 4. The van der Waals surface area contributed by atoms with Crippen LogP contribution in [-0.4, -0.2) is 50.9 Å². The molecule has 10 nitrogen and oxygen atoms in total. The molecular weight excluding hydrogens is 640 g/mol. The van der Waals surface area contributed by atoms with Crippen LogP contribution in [0.25, 0.3) is 33.4 Å². The molecule has 2 unspecified atom stereocenters. The van der Waals surface area contributed by atoms with Crippen molar-refractivity contribution in [2.24, 2.45) is 10.3 Å². The van der Waals surface area contributed by atoms with Crippen molar-refractivity contribution in [1.29, 1.82) is 0 Å². The number of aliphatic hydroxyl groups excluding tert-OH is 1. The maximum atomic E-state index is 13.8. The zero-order valence-electron chi connectivity index (χ0n) is 26.4. The second-order valence-corrected chi connectivity index (χ2v) is 14.1. The lowest BCUT2D eigenvalue weighted by molar-refractivity contribution is 0.0701. The first-order valence-electron chi connectivity index (χ1n) is 15.2. The second-order valence-electron chi connectivity index (χ2n) is 12.1. The number of hydrogen-bond acceptors (Lipinski definition) is 8. The Bertz CT molecular complexity index is 2240. The number of sulfonamides is 1. The molecule has 1 saturated carbocycles. The molecule has 0 radical (unpaired) electrons. The van der Waals surface area contributed by atoms with E-state index in [1.54, 1.807) is 41.4 Å². The third kappa shape index (κ3) is 5.01. The third-order valence-corrected chi connectivity index (χ3v) is 10.4. The summed E-state index contributed by atoms with van der Waals surface area (Å²) >= 11 is 0. The molecule has 5 aromatic rings. The first kappa shape index (κ1) is 31.5. The maximum absolute atomic E-state index is 13.8. The number of amides is 1. The number of nitrogens with one attached hydrogen (secondary N) is 1. The summed E-state index contributed by atoms with van der Waals surface area (Å²) in [4.78, 5) is 13.3. The molecular formula is C35H31F2N5O5S. The summed E-state index contributed by atoms with van der Waals surface area (Å²) < 4.78 is 60.6. The van der Waals surface area contributed by atoms with E-state index < -0.39 is 33.4 Å². The molecule has 1 aliphatic heterocycles. The van der Waals surface area contributed by atoms with Crippen LogP contribution < -0.4 is 9.62 Å². The molecule has 7 rings (SSSR count). The van der Waals surface area contributed by atoms with Crippen molar-refractivity contribution >= 4 is 38.3 Å². The number of fused-ring (bicyclic) bond motifs is 2. The monoisotopic (exact) mass is 671 g/mol. The number of aliphatic hydroxyl groups is 1. The number of benzene rings is 4. The second kappa shape index (κ2) is 11.2. The first-order chi connectivity index (χ1) is 22.8. The quantitative estimate of drug-likeness (QED) is 0.195. The van der Waals surface area contributed by atoms with E-state index in [-0.39, 0.29) is 28.8 Å². The summed E-state index contributed by atoms with van der Waals surface area (Å²) in [6.07, 6.45) is 0.730. The Morgan fingerprint density at radius 1 is 1.02 bits per heavy atom. The van der Waals surface area contributed by atoms with Gasteiger partial charge in [-0.2, -0.15) is 0 Å². The lowest BCUT2D eigenvalue weighted by Gasteiger charge is -2.37. The zero-order valence-corrected chi connectivity index (χ0v) is 27.2. The lowest BCUT2D eigenvalue weighted by Crippen LogP contribution is -2.37. The van der Waals surface area contributed by atoms with Gasteiger partial charge in [-0.25, -0.2) is 17.2 Å².